The molecule has 7 rings (SSSR count). The first-order chi connectivity index (χ1) is 23.6. The molecular formula is C41H47N3O4. The fourth-order valence-electron chi connectivity index (χ4n) is 7.47. The summed E-state index contributed by atoms with van der Waals surface area (Å²) in [5.74, 6) is -0.0781. The number of likely N-dealkylation sites (tertiary alicyclic amines) is 2. The third kappa shape index (κ3) is 8.05. The number of amides is 1. The van der Waals surface area contributed by atoms with Crippen molar-refractivity contribution in [3.05, 3.63) is 131 Å². The van der Waals surface area contributed by atoms with E-state index in [2.05, 4.69) is 63.6 Å². The van der Waals surface area contributed by atoms with Crippen molar-refractivity contribution in [3.63, 3.8) is 0 Å². The van der Waals surface area contributed by atoms with Crippen LogP contribution in [0.2, 0.25) is 0 Å². The standard InChI is InChI=1S/C41H47N3O4/c45-29-30-13-15-33(16-14-30)39-25-38(28-44-23-7-12-37(44)27-43-21-4-5-22-43)47-41(48-39)35-19-17-32(18-20-35)36-11-6-8-31(24-36)26-42-40(46)34-9-2-1-3-10-34/h1-3,6,8-11,13-20,24,37-39,41,45H,4-5,7,12,21-23,25-29H2,(H,42,46)/t37-,38-,39+,41+/m0/s1. The topological polar surface area (TPSA) is 74.3 Å². The Balaban J connectivity index is 1.05. The van der Waals surface area contributed by atoms with E-state index in [4.69, 9.17) is 9.47 Å². The van der Waals surface area contributed by atoms with E-state index in [1.807, 2.05) is 54.6 Å². The van der Waals surface area contributed by atoms with E-state index >= 15 is 0 Å². The van der Waals surface area contributed by atoms with Crippen LogP contribution in [0.1, 0.15) is 77.1 Å². The van der Waals surface area contributed by atoms with Crippen molar-refractivity contribution in [2.75, 3.05) is 32.7 Å². The van der Waals surface area contributed by atoms with Crippen LogP contribution in [0.4, 0.5) is 0 Å². The molecule has 0 radical (unpaired) electrons. The Kier molecular flexibility index (Phi) is 10.6. The molecule has 3 fully saturated rings. The molecule has 2 N–H and O–H groups in total. The van der Waals surface area contributed by atoms with Gasteiger partial charge in [0.1, 0.15) is 0 Å². The number of rotatable bonds is 11. The lowest BCUT2D eigenvalue weighted by Crippen LogP contribution is -2.45. The molecule has 3 heterocycles. The average molecular weight is 646 g/mol. The molecule has 250 valence electrons. The molecule has 0 bridgehead atoms. The summed E-state index contributed by atoms with van der Waals surface area (Å²) >= 11 is 0. The number of aliphatic hydroxyl groups is 1. The van der Waals surface area contributed by atoms with E-state index in [0.29, 0.717) is 18.2 Å². The number of hydrogen-bond donors (Lipinski definition) is 2. The molecule has 0 aromatic heterocycles. The van der Waals surface area contributed by atoms with Crippen LogP contribution in [0.5, 0.6) is 0 Å². The summed E-state index contributed by atoms with van der Waals surface area (Å²) in [7, 11) is 0. The number of carbonyl (C=O) groups is 1. The molecule has 3 aliphatic heterocycles. The molecule has 0 saturated carbocycles. The van der Waals surface area contributed by atoms with Crippen LogP contribution in [0.15, 0.2) is 103 Å². The Bertz CT molecular complexity index is 1620. The maximum atomic E-state index is 12.6. The first-order valence-electron chi connectivity index (χ1n) is 17.6. The SMILES string of the molecule is O=C(NCc1cccc(-c2ccc([C@@H]3O[C@H](CN4CCC[C@H]4CN4CCCC4)C[C@H](c4ccc(CO)cc4)O3)cc2)c1)c1ccccc1. The molecule has 7 nitrogen and oxygen atoms in total. The van der Waals surface area contributed by atoms with E-state index < -0.39 is 6.29 Å². The molecular weight excluding hydrogens is 598 g/mol. The van der Waals surface area contributed by atoms with Crippen molar-refractivity contribution >= 4 is 5.91 Å². The Morgan fingerprint density at radius 1 is 0.750 bits per heavy atom. The summed E-state index contributed by atoms with van der Waals surface area (Å²) in [5, 5.41) is 12.6. The molecule has 3 saturated heterocycles. The minimum atomic E-state index is -0.473. The van der Waals surface area contributed by atoms with Gasteiger partial charge in [-0.1, -0.05) is 84.9 Å². The summed E-state index contributed by atoms with van der Waals surface area (Å²) in [6.07, 6.45) is 5.44. The Labute approximate surface area is 284 Å². The first-order valence-corrected chi connectivity index (χ1v) is 17.6. The number of benzene rings is 4. The van der Waals surface area contributed by atoms with Crippen LogP contribution in [0.25, 0.3) is 11.1 Å². The molecule has 4 aromatic rings. The minimum absolute atomic E-state index is 0.0328. The smallest absolute Gasteiger partial charge is 0.251 e. The number of aliphatic hydroxyl groups excluding tert-OH is 1. The summed E-state index contributed by atoms with van der Waals surface area (Å²) in [6, 6.07) is 34.8. The fraction of sp³-hybridized carbons (Fsp3) is 0.390. The van der Waals surface area contributed by atoms with Gasteiger partial charge in [0.25, 0.3) is 5.91 Å². The van der Waals surface area contributed by atoms with Crippen molar-refractivity contribution in [1.29, 1.82) is 0 Å². The molecule has 4 atom stereocenters. The van der Waals surface area contributed by atoms with E-state index in [9.17, 15) is 9.90 Å². The summed E-state index contributed by atoms with van der Waals surface area (Å²) in [6.45, 7) is 6.17. The van der Waals surface area contributed by atoms with Gasteiger partial charge in [-0.3, -0.25) is 9.69 Å². The van der Waals surface area contributed by atoms with Gasteiger partial charge in [0.05, 0.1) is 18.8 Å². The van der Waals surface area contributed by atoms with Crippen molar-refractivity contribution in [1.82, 2.24) is 15.1 Å². The molecule has 0 aliphatic carbocycles. The maximum absolute atomic E-state index is 12.6. The number of ether oxygens (including phenoxy) is 2. The average Bonchev–Trinajstić information content (AvgIpc) is 3.83. The molecule has 4 aromatic carbocycles. The van der Waals surface area contributed by atoms with Gasteiger partial charge in [0, 0.05) is 43.2 Å². The summed E-state index contributed by atoms with van der Waals surface area (Å²) < 4.78 is 13.4. The lowest BCUT2D eigenvalue weighted by molar-refractivity contribution is -0.253. The molecule has 7 heteroatoms. The van der Waals surface area contributed by atoms with Crippen LogP contribution in [-0.4, -0.2) is 65.7 Å². The highest BCUT2D eigenvalue weighted by atomic mass is 16.7. The summed E-state index contributed by atoms with van der Waals surface area (Å²) in [4.78, 5) is 17.9. The van der Waals surface area contributed by atoms with Gasteiger partial charge in [0.15, 0.2) is 6.29 Å². The minimum Gasteiger partial charge on any atom is -0.392 e. The van der Waals surface area contributed by atoms with E-state index in [-0.39, 0.29) is 24.7 Å². The Morgan fingerprint density at radius 3 is 2.29 bits per heavy atom. The van der Waals surface area contributed by atoms with Crippen molar-refractivity contribution < 1.29 is 19.4 Å². The third-order valence-corrected chi connectivity index (χ3v) is 10.2. The molecule has 1 amide bonds. The Hall–Kier alpha value is -3.85. The van der Waals surface area contributed by atoms with E-state index in [0.717, 1.165) is 52.9 Å². The predicted molar refractivity (Wildman–Crippen MR) is 188 cm³/mol. The monoisotopic (exact) mass is 645 g/mol. The van der Waals surface area contributed by atoms with Crippen LogP contribution in [-0.2, 0) is 22.6 Å². The highest BCUT2D eigenvalue weighted by molar-refractivity contribution is 5.94. The lowest BCUT2D eigenvalue weighted by atomic mass is 9.98. The third-order valence-electron chi connectivity index (χ3n) is 10.2. The fourth-order valence-corrected chi connectivity index (χ4v) is 7.47. The van der Waals surface area contributed by atoms with Gasteiger partial charge < -0.3 is 24.8 Å². The van der Waals surface area contributed by atoms with Gasteiger partial charge in [0.2, 0.25) is 0 Å². The van der Waals surface area contributed by atoms with E-state index in [1.165, 1.54) is 45.3 Å². The second-order valence-corrected chi connectivity index (χ2v) is 13.5. The second-order valence-electron chi connectivity index (χ2n) is 13.5. The number of carbonyl (C=O) groups excluding carboxylic acids is 1. The first kappa shape index (κ1) is 32.7. The zero-order chi connectivity index (χ0) is 32.7. The largest absolute Gasteiger partial charge is 0.392 e. The quantitative estimate of drug-likeness (QED) is 0.185. The molecule has 0 unspecified atom stereocenters. The van der Waals surface area contributed by atoms with Crippen molar-refractivity contribution in [2.45, 2.75) is 69.8 Å². The van der Waals surface area contributed by atoms with Crippen LogP contribution in [0, 0.1) is 0 Å². The Morgan fingerprint density at radius 2 is 1.52 bits per heavy atom. The van der Waals surface area contributed by atoms with Crippen molar-refractivity contribution in [3.8, 4) is 11.1 Å². The highest BCUT2D eigenvalue weighted by Crippen LogP contribution is 2.39. The van der Waals surface area contributed by atoms with Gasteiger partial charge in [-0.15, -0.1) is 0 Å². The van der Waals surface area contributed by atoms with Crippen molar-refractivity contribution in [2.24, 2.45) is 0 Å². The predicted octanol–water partition coefficient (Wildman–Crippen LogP) is 6.88. The maximum Gasteiger partial charge on any atom is 0.251 e. The summed E-state index contributed by atoms with van der Waals surface area (Å²) in [5.41, 5.74) is 6.92. The number of hydrogen-bond acceptors (Lipinski definition) is 6. The molecule has 48 heavy (non-hydrogen) atoms. The number of nitrogens with one attached hydrogen (secondary N) is 1. The van der Waals surface area contributed by atoms with Crippen LogP contribution < -0.4 is 5.32 Å². The molecule has 0 spiro atoms. The van der Waals surface area contributed by atoms with Gasteiger partial charge in [-0.05, 0) is 91.3 Å². The zero-order valence-electron chi connectivity index (χ0n) is 27.7. The highest BCUT2D eigenvalue weighted by Gasteiger charge is 2.36. The van der Waals surface area contributed by atoms with Crippen LogP contribution >= 0.6 is 0 Å². The van der Waals surface area contributed by atoms with Gasteiger partial charge in [-0.25, -0.2) is 0 Å². The van der Waals surface area contributed by atoms with Gasteiger partial charge >= 0.3 is 0 Å². The normalized spacial score (nSPS) is 23.4. The molecule has 3 aliphatic rings. The zero-order valence-corrected chi connectivity index (χ0v) is 27.7. The lowest BCUT2D eigenvalue weighted by Gasteiger charge is -2.39. The number of nitrogens with zero attached hydrogens (tertiary/aromatic N) is 2. The van der Waals surface area contributed by atoms with E-state index in [1.54, 1.807) is 0 Å². The second kappa shape index (κ2) is 15.6. The van der Waals surface area contributed by atoms with Gasteiger partial charge in [-0.2, -0.15) is 0 Å². The van der Waals surface area contributed by atoms with Crippen LogP contribution in [0.3, 0.4) is 0 Å².